The number of hydrogen-bond acceptors (Lipinski definition) is 6. The molecule has 0 saturated heterocycles. The summed E-state index contributed by atoms with van der Waals surface area (Å²) >= 11 is 0. The van der Waals surface area contributed by atoms with Crippen LogP contribution >= 0.6 is 0 Å². The number of carbonyl (C=O) groups excluding carboxylic acids is 3. The molecule has 0 N–H and O–H groups in total. The van der Waals surface area contributed by atoms with Crippen molar-refractivity contribution in [3.63, 3.8) is 0 Å². The minimum atomic E-state index is -4.43. The second-order valence-electron chi connectivity index (χ2n) is 7.53. The Kier molecular flexibility index (Phi) is 6.46. The van der Waals surface area contributed by atoms with Gasteiger partial charge in [0.15, 0.2) is 12.8 Å². The largest absolute Gasteiger partial charge is 0.479 e. The van der Waals surface area contributed by atoms with Gasteiger partial charge in [-0.2, -0.15) is 13.2 Å². The number of carbonyl (C=O) groups is 3. The first-order valence-corrected chi connectivity index (χ1v) is 10.4. The van der Waals surface area contributed by atoms with E-state index in [1.807, 2.05) is 0 Å². The van der Waals surface area contributed by atoms with Crippen LogP contribution in [-0.2, 0) is 15.7 Å². The van der Waals surface area contributed by atoms with E-state index in [0.29, 0.717) is 11.5 Å². The molecule has 7 nitrogen and oxygen atoms in total. The number of ether oxygens (including phenoxy) is 3. The lowest BCUT2D eigenvalue weighted by Gasteiger charge is -2.17. The van der Waals surface area contributed by atoms with Crippen LogP contribution in [0.4, 0.5) is 13.2 Å². The van der Waals surface area contributed by atoms with Crippen LogP contribution in [0.5, 0.6) is 17.2 Å². The van der Waals surface area contributed by atoms with Gasteiger partial charge in [-0.1, -0.05) is 12.1 Å². The predicted octanol–water partition coefficient (Wildman–Crippen LogP) is 5.06. The Morgan fingerprint density at radius 3 is 1.83 bits per heavy atom. The summed E-state index contributed by atoms with van der Waals surface area (Å²) in [6.07, 6.45) is -5.48. The lowest BCUT2D eigenvalue weighted by atomic mass is 10.1. The summed E-state index contributed by atoms with van der Waals surface area (Å²) in [5, 5.41) is 0. The molecule has 0 spiro atoms. The molecule has 0 bridgehead atoms. The van der Waals surface area contributed by atoms with E-state index in [2.05, 4.69) is 0 Å². The van der Waals surface area contributed by atoms with Crippen molar-refractivity contribution in [2.75, 3.05) is 6.73 Å². The number of hydrogen-bond donors (Lipinski definition) is 0. The molecule has 0 saturated carbocycles. The molecular weight excluding hydrogens is 467 g/mol. The lowest BCUT2D eigenvalue weighted by Crippen LogP contribution is -2.36. The molecule has 0 unspecified atom stereocenters. The summed E-state index contributed by atoms with van der Waals surface area (Å²) in [7, 11) is 0. The maximum absolute atomic E-state index is 12.6. The molecule has 2 amide bonds. The molecule has 4 rings (SSSR count). The molecule has 0 aliphatic carbocycles. The normalized spacial score (nSPS) is 13.9. The van der Waals surface area contributed by atoms with E-state index in [1.54, 1.807) is 12.1 Å². The molecule has 1 atom stereocenters. The van der Waals surface area contributed by atoms with E-state index < -0.39 is 42.4 Å². The molecule has 1 heterocycles. The van der Waals surface area contributed by atoms with E-state index in [-0.39, 0.29) is 16.9 Å². The number of benzene rings is 3. The summed E-state index contributed by atoms with van der Waals surface area (Å²) in [6, 6.07) is 16.6. The average molecular weight is 485 g/mol. The molecule has 0 fully saturated rings. The number of alkyl halides is 3. The molecule has 0 aromatic heterocycles. The van der Waals surface area contributed by atoms with Crippen LogP contribution < -0.4 is 9.47 Å². The summed E-state index contributed by atoms with van der Waals surface area (Å²) in [5.74, 6) is -1.01. The van der Waals surface area contributed by atoms with Crippen molar-refractivity contribution in [1.29, 1.82) is 0 Å². The van der Waals surface area contributed by atoms with Gasteiger partial charge in [0, 0.05) is 0 Å². The Bertz CT molecular complexity index is 1220. The van der Waals surface area contributed by atoms with Gasteiger partial charge in [0.05, 0.1) is 16.7 Å². The summed E-state index contributed by atoms with van der Waals surface area (Å²) in [4.78, 5) is 37.8. The third-order valence-corrected chi connectivity index (χ3v) is 5.10. The smallest absolute Gasteiger partial charge is 0.416 e. The number of esters is 1. The van der Waals surface area contributed by atoms with Gasteiger partial charge in [-0.25, -0.2) is 9.69 Å². The Morgan fingerprint density at radius 2 is 1.31 bits per heavy atom. The monoisotopic (exact) mass is 485 g/mol. The molecule has 1 aliphatic heterocycles. The lowest BCUT2D eigenvalue weighted by molar-refractivity contribution is -0.153. The first-order chi connectivity index (χ1) is 16.6. The SMILES string of the molecule is C[C@@H](Oc1ccc(Oc2ccc(C(F)(F)F)cc2)cc1)C(=O)OCN1C(=O)c2ccccc2C1=O. The molecule has 35 heavy (non-hydrogen) atoms. The van der Waals surface area contributed by atoms with Crippen LogP contribution in [-0.4, -0.2) is 35.5 Å². The molecule has 3 aromatic carbocycles. The Labute approximate surface area is 197 Å². The van der Waals surface area contributed by atoms with Crippen LogP contribution in [0.2, 0.25) is 0 Å². The number of nitrogens with zero attached hydrogens (tertiary/aromatic N) is 1. The topological polar surface area (TPSA) is 82.1 Å². The van der Waals surface area contributed by atoms with Gasteiger partial charge >= 0.3 is 12.1 Å². The summed E-state index contributed by atoms with van der Waals surface area (Å²) in [6.45, 7) is 0.899. The van der Waals surface area contributed by atoms with Crippen molar-refractivity contribution in [3.8, 4) is 17.2 Å². The maximum Gasteiger partial charge on any atom is 0.416 e. The zero-order valence-electron chi connectivity index (χ0n) is 18.2. The van der Waals surface area contributed by atoms with E-state index >= 15 is 0 Å². The third kappa shape index (κ3) is 5.26. The first kappa shape index (κ1) is 23.8. The second-order valence-corrected chi connectivity index (χ2v) is 7.53. The Morgan fingerprint density at radius 1 is 0.829 bits per heavy atom. The molecule has 10 heteroatoms. The van der Waals surface area contributed by atoms with Crippen molar-refractivity contribution in [3.05, 3.63) is 89.5 Å². The number of fused-ring (bicyclic) bond motifs is 1. The second kappa shape index (κ2) is 9.49. The van der Waals surface area contributed by atoms with Gasteiger partial charge in [0.2, 0.25) is 0 Å². The van der Waals surface area contributed by atoms with Crippen LogP contribution in [0.25, 0.3) is 0 Å². The number of rotatable bonds is 7. The molecule has 180 valence electrons. The van der Waals surface area contributed by atoms with Crippen LogP contribution in [0.1, 0.15) is 33.2 Å². The molecule has 1 aliphatic rings. The minimum absolute atomic E-state index is 0.219. The minimum Gasteiger partial charge on any atom is -0.479 e. The summed E-state index contributed by atoms with van der Waals surface area (Å²) in [5.41, 5.74) is -0.287. The fourth-order valence-electron chi connectivity index (χ4n) is 3.29. The van der Waals surface area contributed by atoms with E-state index in [1.165, 1.54) is 55.5 Å². The summed E-state index contributed by atoms with van der Waals surface area (Å²) < 4.78 is 54.1. The average Bonchev–Trinajstić information content (AvgIpc) is 3.08. The van der Waals surface area contributed by atoms with E-state index in [4.69, 9.17) is 14.2 Å². The molecule has 0 radical (unpaired) electrons. The highest BCUT2D eigenvalue weighted by Crippen LogP contribution is 2.31. The standard InChI is InChI=1S/C25H18F3NO6/c1-15(24(32)33-14-29-22(30)20-4-2-3-5-21(20)23(29)31)34-17-10-12-19(13-11-17)35-18-8-6-16(7-9-18)25(26,27)28/h2-13,15H,14H2,1H3/t15-/m1/s1. The third-order valence-electron chi connectivity index (χ3n) is 5.10. The number of imide groups is 1. The number of halogens is 3. The highest BCUT2D eigenvalue weighted by Gasteiger charge is 2.36. The van der Waals surface area contributed by atoms with Gasteiger partial charge in [-0.15, -0.1) is 0 Å². The van der Waals surface area contributed by atoms with Gasteiger partial charge in [-0.3, -0.25) is 9.59 Å². The van der Waals surface area contributed by atoms with Crippen LogP contribution in [0, 0.1) is 0 Å². The van der Waals surface area contributed by atoms with Crippen molar-refractivity contribution >= 4 is 17.8 Å². The highest BCUT2D eigenvalue weighted by molar-refractivity contribution is 6.21. The highest BCUT2D eigenvalue weighted by atomic mass is 19.4. The Balaban J connectivity index is 1.29. The fraction of sp³-hybridized carbons (Fsp3) is 0.160. The van der Waals surface area contributed by atoms with Crippen molar-refractivity contribution in [1.82, 2.24) is 4.90 Å². The zero-order valence-corrected chi connectivity index (χ0v) is 18.2. The van der Waals surface area contributed by atoms with Crippen molar-refractivity contribution < 1.29 is 41.8 Å². The maximum atomic E-state index is 12.6. The molecular formula is C25H18F3NO6. The first-order valence-electron chi connectivity index (χ1n) is 10.4. The predicted molar refractivity (Wildman–Crippen MR) is 116 cm³/mol. The van der Waals surface area contributed by atoms with Gasteiger partial charge in [-0.05, 0) is 67.6 Å². The zero-order chi connectivity index (χ0) is 25.2. The van der Waals surface area contributed by atoms with E-state index in [0.717, 1.165) is 17.0 Å². The van der Waals surface area contributed by atoms with Gasteiger partial charge in [0.25, 0.3) is 11.8 Å². The van der Waals surface area contributed by atoms with E-state index in [9.17, 15) is 27.6 Å². The van der Waals surface area contributed by atoms with Crippen LogP contribution in [0.15, 0.2) is 72.8 Å². The van der Waals surface area contributed by atoms with Crippen molar-refractivity contribution in [2.45, 2.75) is 19.2 Å². The Hall–Kier alpha value is -4.34. The fourth-order valence-corrected chi connectivity index (χ4v) is 3.29. The van der Waals surface area contributed by atoms with Crippen molar-refractivity contribution in [2.24, 2.45) is 0 Å². The number of amides is 2. The van der Waals surface area contributed by atoms with Gasteiger partial charge in [0.1, 0.15) is 17.2 Å². The van der Waals surface area contributed by atoms with Gasteiger partial charge < -0.3 is 14.2 Å². The van der Waals surface area contributed by atoms with Crippen LogP contribution in [0.3, 0.4) is 0 Å². The molecule has 3 aromatic rings. The quantitative estimate of drug-likeness (QED) is 0.344.